The number of esters is 1. The molecule has 1 N–H and O–H groups in total. The van der Waals surface area contributed by atoms with Gasteiger partial charge < -0.3 is 0 Å². The second-order valence-electron chi connectivity index (χ2n) is 6.00. The quantitative estimate of drug-likeness (QED) is 0.259. The van der Waals surface area contributed by atoms with Crippen molar-refractivity contribution in [1.29, 1.82) is 0 Å². The van der Waals surface area contributed by atoms with E-state index in [1.54, 1.807) is 0 Å². The molecule has 23 heavy (non-hydrogen) atoms. The topological polar surface area (TPSA) is 55.4 Å². The zero-order chi connectivity index (χ0) is 17.3. The van der Waals surface area contributed by atoms with Crippen LogP contribution in [-0.2, 0) is 14.3 Å². The van der Waals surface area contributed by atoms with Gasteiger partial charge in [0.1, 0.15) is 0 Å². The van der Waals surface area contributed by atoms with Crippen LogP contribution in [0, 0.1) is 0 Å². The van der Waals surface area contributed by atoms with Gasteiger partial charge in [0.2, 0.25) is 0 Å². The second-order valence-corrected chi connectivity index (χ2v) is 8.07. The minimum absolute atomic E-state index is 0.0213. The fourth-order valence-electron chi connectivity index (χ4n) is 2.49. The van der Waals surface area contributed by atoms with E-state index in [2.05, 4.69) is 18.1 Å². The fraction of sp³-hybridized carbons (Fsp3) is 0.889. The Morgan fingerprint density at radius 3 is 2.09 bits per heavy atom. The van der Waals surface area contributed by atoms with Crippen LogP contribution < -0.4 is 5.32 Å². The molecule has 0 rings (SSSR count). The van der Waals surface area contributed by atoms with Crippen molar-refractivity contribution >= 4 is 26.8 Å². The molecular formula is C18H35NO3Se. The summed E-state index contributed by atoms with van der Waals surface area (Å²) in [5, 5.41) is 3.80. The van der Waals surface area contributed by atoms with Gasteiger partial charge in [-0.1, -0.05) is 26.2 Å². The van der Waals surface area contributed by atoms with Gasteiger partial charge in [0.05, 0.1) is 0 Å². The zero-order valence-corrected chi connectivity index (χ0v) is 16.9. The van der Waals surface area contributed by atoms with Crippen molar-refractivity contribution in [3.63, 3.8) is 0 Å². The van der Waals surface area contributed by atoms with E-state index >= 15 is 0 Å². The maximum absolute atomic E-state index is 11.9. The molecule has 0 aromatic carbocycles. The summed E-state index contributed by atoms with van der Waals surface area (Å²) < 4.78 is 4.76. The number of hydrogen-bond acceptors (Lipinski definition) is 3. The SMILES string of the molecule is CCCCCCCCCCCC(=O)N[C@@H](CC[Se]C)C(=O)OC. The van der Waals surface area contributed by atoms with Crippen LogP contribution >= 0.6 is 0 Å². The van der Waals surface area contributed by atoms with E-state index in [9.17, 15) is 9.59 Å². The molecule has 0 aliphatic carbocycles. The van der Waals surface area contributed by atoms with E-state index in [1.807, 2.05) is 0 Å². The van der Waals surface area contributed by atoms with Crippen LogP contribution in [0.2, 0.25) is 11.1 Å². The number of hydrogen-bond donors (Lipinski definition) is 1. The molecule has 0 aliphatic heterocycles. The number of methoxy groups -OCH3 is 1. The van der Waals surface area contributed by atoms with Crippen LogP contribution in [-0.4, -0.2) is 40.0 Å². The third-order valence-corrected chi connectivity index (χ3v) is 5.29. The maximum atomic E-state index is 11.9. The van der Waals surface area contributed by atoms with Crippen molar-refractivity contribution in [2.75, 3.05) is 7.11 Å². The summed E-state index contributed by atoms with van der Waals surface area (Å²) in [4.78, 5) is 23.6. The molecule has 0 fully saturated rings. The summed E-state index contributed by atoms with van der Waals surface area (Å²) in [5.74, 6) is 1.78. The Morgan fingerprint density at radius 2 is 1.57 bits per heavy atom. The van der Waals surface area contributed by atoms with Gasteiger partial charge >= 0.3 is 122 Å². The minimum atomic E-state index is -0.465. The Balaban J connectivity index is 3.69. The molecule has 0 aliphatic rings. The zero-order valence-electron chi connectivity index (χ0n) is 15.2. The molecule has 0 saturated heterocycles. The van der Waals surface area contributed by atoms with Crippen LogP contribution in [0.3, 0.4) is 0 Å². The first-order valence-corrected chi connectivity index (χ1v) is 11.9. The average Bonchev–Trinajstić information content (AvgIpc) is 2.56. The number of amides is 1. The second kappa shape index (κ2) is 16.3. The van der Waals surface area contributed by atoms with Crippen molar-refractivity contribution in [1.82, 2.24) is 5.32 Å². The molecule has 0 radical (unpaired) electrons. The molecule has 1 atom stereocenters. The van der Waals surface area contributed by atoms with E-state index in [4.69, 9.17) is 4.74 Å². The number of nitrogens with one attached hydrogen (secondary N) is 1. The van der Waals surface area contributed by atoms with Gasteiger partial charge in [-0.25, -0.2) is 0 Å². The number of carbonyl (C=O) groups excluding carboxylic acids is 2. The van der Waals surface area contributed by atoms with Crippen molar-refractivity contribution in [3.8, 4) is 0 Å². The van der Waals surface area contributed by atoms with Crippen LogP contribution in [0.4, 0.5) is 0 Å². The fourth-order valence-corrected chi connectivity index (χ4v) is 3.48. The van der Waals surface area contributed by atoms with Gasteiger partial charge in [0.15, 0.2) is 0 Å². The third kappa shape index (κ3) is 13.6. The van der Waals surface area contributed by atoms with Crippen molar-refractivity contribution in [3.05, 3.63) is 0 Å². The van der Waals surface area contributed by atoms with Crippen LogP contribution in [0.25, 0.3) is 0 Å². The van der Waals surface area contributed by atoms with Crippen LogP contribution in [0.5, 0.6) is 0 Å². The molecule has 136 valence electrons. The molecule has 5 heteroatoms. The van der Waals surface area contributed by atoms with Gasteiger partial charge in [-0.3, -0.25) is 0 Å². The summed E-state index contributed by atoms with van der Waals surface area (Å²) in [6, 6.07) is -0.465. The average molecular weight is 392 g/mol. The Hall–Kier alpha value is -0.541. The summed E-state index contributed by atoms with van der Waals surface area (Å²) in [6.45, 7) is 2.24. The molecular weight excluding hydrogens is 357 g/mol. The Labute approximate surface area is 148 Å². The van der Waals surface area contributed by atoms with E-state index in [1.165, 1.54) is 52.1 Å². The molecule has 0 bridgehead atoms. The number of unbranched alkanes of at least 4 members (excludes halogenated alkanes) is 8. The van der Waals surface area contributed by atoms with Gasteiger partial charge in [0, 0.05) is 0 Å². The standard InChI is InChI=1S/C18H35NO3Se/c1-4-5-6-7-8-9-10-11-12-13-17(20)19-16(14-15-23-3)18(21)22-2/h16H,4-15H2,1-3H3,(H,19,20)/t16-/m0/s1. The van der Waals surface area contributed by atoms with Gasteiger partial charge in [0.25, 0.3) is 0 Å². The van der Waals surface area contributed by atoms with E-state index < -0.39 is 6.04 Å². The third-order valence-electron chi connectivity index (χ3n) is 3.94. The number of rotatable bonds is 15. The summed E-state index contributed by atoms with van der Waals surface area (Å²) in [6.07, 6.45) is 12.3. The first-order chi connectivity index (χ1) is 11.2. The Kier molecular flexibility index (Phi) is 15.9. The Bertz CT molecular complexity index is 311. The molecule has 0 unspecified atom stereocenters. The molecule has 4 nitrogen and oxygen atoms in total. The Morgan fingerprint density at radius 1 is 1.00 bits per heavy atom. The van der Waals surface area contributed by atoms with E-state index in [-0.39, 0.29) is 11.9 Å². The molecule has 1 amide bonds. The van der Waals surface area contributed by atoms with Gasteiger partial charge in [-0.15, -0.1) is 0 Å². The normalized spacial score (nSPS) is 12.0. The predicted molar refractivity (Wildman–Crippen MR) is 96.8 cm³/mol. The molecule has 0 aromatic heterocycles. The van der Waals surface area contributed by atoms with E-state index in [0.717, 1.165) is 18.2 Å². The van der Waals surface area contributed by atoms with E-state index in [0.29, 0.717) is 27.8 Å². The van der Waals surface area contributed by atoms with Crippen LogP contribution in [0.1, 0.15) is 77.6 Å². The van der Waals surface area contributed by atoms with Crippen molar-refractivity contribution < 1.29 is 14.3 Å². The first kappa shape index (κ1) is 22.5. The molecule has 0 spiro atoms. The monoisotopic (exact) mass is 393 g/mol. The first-order valence-electron chi connectivity index (χ1n) is 9.01. The summed E-state index contributed by atoms with van der Waals surface area (Å²) in [7, 11) is 1.37. The predicted octanol–water partition coefficient (Wildman–Crippen LogP) is 4.13. The van der Waals surface area contributed by atoms with Crippen molar-refractivity contribution in [2.45, 2.75) is 94.7 Å². The number of carbonyl (C=O) groups is 2. The summed E-state index contributed by atoms with van der Waals surface area (Å²) >= 11 is 0.508. The number of ether oxygens (including phenoxy) is 1. The molecule has 0 saturated carbocycles. The molecule has 0 aromatic rings. The molecule has 0 heterocycles. The van der Waals surface area contributed by atoms with Gasteiger partial charge in [-0.05, 0) is 0 Å². The van der Waals surface area contributed by atoms with Gasteiger partial charge in [-0.2, -0.15) is 0 Å². The summed E-state index contributed by atoms with van der Waals surface area (Å²) in [5.41, 5.74) is 0. The van der Waals surface area contributed by atoms with Crippen molar-refractivity contribution in [2.24, 2.45) is 0 Å². The van der Waals surface area contributed by atoms with Crippen LogP contribution in [0.15, 0.2) is 0 Å².